The molecule has 0 aliphatic carbocycles. The van der Waals surface area contributed by atoms with E-state index in [4.69, 9.17) is 27.2 Å². The Balaban J connectivity index is 1.94. The number of guanidine groups is 1. The maximum atomic E-state index is 7.82. The molecule has 0 radical (unpaired) electrons. The zero-order valence-corrected chi connectivity index (χ0v) is 12.9. The Kier molecular flexibility index (Phi) is 3.77. The van der Waals surface area contributed by atoms with Crippen LogP contribution in [0.3, 0.4) is 0 Å². The van der Waals surface area contributed by atoms with Crippen molar-refractivity contribution in [2.24, 2.45) is 5.73 Å². The van der Waals surface area contributed by atoms with Crippen LogP contribution in [0.2, 0.25) is 5.02 Å². The van der Waals surface area contributed by atoms with Gasteiger partial charge in [0.1, 0.15) is 11.3 Å². The Hall–Kier alpha value is -2.46. The van der Waals surface area contributed by atoms with Crippen molar-refractivity contribution in [3.8, 4) is 0 Å². The summed E-state index contributed by atoms with van der Waals surface area (Å²) in [6.45, 7) is 2.31. The van der Waals surface area contributed by atoms with Crippen LogP contribution in [-0.4, -0.2) is 5.96 Å². The largest absolute Gasteiger partial charge is 0.459 e. The van der Waals surface area contributed by atoms with E-state index >= 15 is 0 Å². The van der Waals surface area contributed by atoms with E-state index in [0.717, 1.165) is 28.0 Å². The molecule has 5 heteroatoms. The first-order valence-electron chi connectivity index (χ1n) is 6.90. The van der Waals surface area contributed by atoms with Crippen molar-refractivity contribution in [2.45, 2.75) is 13.5 Å². The first-order chi connectivity index (χ1) is 10.5. The molecular weight excluding hydrogens is 298 g/mol. The van der Waals surface area contributed by atoms with Crippen molar-refractivity contribution in [1.82, 2.24) is 0 Å². The van der Waals surface area contributed by atoms with Crippen molar-refractivity contribution in [2.75, 3.05) is 4.90 Å². The molecule has 0 spiro atoms. The number of hydrogen-bond acceptors (Lipinski definition) is 2. The van der Waals surface area contributed by atoms with Gasteiger partial charge in [-0.05, 0) is 36.8 Å². The van der Waals surface area contributed by atoms with Crippen molar-refractivity contribution in [3.63, 3.8) is 0 Å². The molecule has 4 nitrogen and oxygen atoms in total. The summed E-state index contributed by atoms with van der Waals surface area (Å²) in [6.07, 6.45) is 0. The van der Waals surface area contributed by atoms with Gasteiger partial charge in [-0.3, -0.25) is 5.41 Å². The van der Waals surface area contributed by atoms with E-state index in [1.807, 2.05) is 49.4 Å². The van der Waals surface area contributed by atoms with Crippen LogP contribution in [0.25, 0.3) is 11.0 Å². The third-order valence-electron chi connectivity index (χ3n) is 3.55. The van der Waals surface area contributed by atoms with E-state index in [2.05, 4.69) is 0 Å². The molecule has 1 heterocycles. The van der Waals surface area contributed by atoms with Crippen molar-refractivity contribution in [1.29, 1.82) is 5.41 Å². The molecule has 3 aromatic rings. The number of nitrogens with one attached hydrogen (secondary N) is 1. The van der Waals surface area contributed by atoms with Crippen LogP contribution in [0.15, 0.2) is 52.9 Å². The Morgan fingerprint density at radius 1 is 1.23 bits per heavy atom. The number of nitrogens with zero attached hydrogens (tertiary/aromatic N) is 1. The van der Waals surface area contributed by atoms with E-state index in [-0.39, 0.29) is 5.96 Å². The number of nitrogens with two attached hydrogens (primary N) is 1. The average molecular weight is 314 g/mol. The maximum absolute atomic E-state index is 7.82. The van der Waals surface area contributed by atoms with E-state index in [0.29, 0.717) is 11.6 Å². The highest BCUT2D eigenvalue weighted by Crippen LogP contribution is 2.26. The molecule has 0 aliphatic rings. The molecule has 0 atom stereocenters. The van der Waals surface area contributed by atoms with Crippen LogP contribution < -0.4 is 10.6 Å². The summed E-state index contributed by atoms with van der Waals surface area (Å²) in [5.41, 5.74) is 8.30. The van der Waals surface area contributed by atoms with E-state index < -0.39 is 0 Å². The molecule has 112 valence electrons. The van der Waals surface area contributed by atoms with Crippen molar-refractivity contribution >= 4 is 34.2 Å². The van der Waals surface area contributed by atoms with Gasteiger partial charge < -0.3 is 15.1 Å². The molecule has 22 heavy (non-hydrogen) atoms. The number of para-hydroxylation sites is 1. The average Bonchev–Trinajstić information content (AvgIpc) is 2.90. The van der Waals surface area contributed by atoms with Crippen LogP contribution in [0.1, 0.15) is 11.3 Å². The predicted octanol–water partition coefficient (Wildman–Crippen LogP) is 4.29. The third kappa shape index (κ3) is 2.78. The van der Waals surface area contributed by atoms with Gasteiger partial charge in [-0.1, -0.05) is 35.9 Å². The fourth-order valence-corrected chi connectivity index (χ4v) is 2.51. The monoisotopic (exact) mass is 313 g/mol. The molecule has 1 aromatic heterocycles. The second kappa shape index (κ2) is 5.73. The lowest BCUT2D eigenvalue weighted by molar-refractivity contribution is 0.551. The Labute approximate surface area is 133 Å². The normalized spacial score (nSPS) is 10.8. The summed E-state index contributed by atoms with van der Waals surface area (Å²) in [7, 11) is 0. The SMILES string of the molecule is Cc1ccc(N(Cc2cc3ccccc3o2)C(=N)N)cc1Cl. The predicted molar refractivity (Wildman–Crippen MR) is 90.5 cm³/mol. The second-order valence-corrected chi connectivity index (χ2v) is 5.56. The first-order valence-corrected chi connectivity index (χ1v) is 7.27. The Bertz CT molecular complexity index is 808. The van der Waals surface area contributed by atoms with Gasteiger partial charge in [-0.25, -0.2) is 0 Å². The lowest BCUT2D eigenvalue weighted by Crippen LogP contribution is -2.35. The smallest absolute Gasteiger partial charge is 0.193 e. The van der Waals surface area contributed by atoms with Gasteiger partial charge in [0.15, 0.2) is 5.96 Å². The molecule has 0 bridgehead atoms. The highest BCUT2D eigenvalue weighted by molar-refractivity contribution is 6.31. The molecule has 0 saturated carbocycles. The summed E-state index contributed by atoms with van der Waals surface area (Å²) in [6, 6.07) is 15.4. The molecule has 2 aromatic carbocycles. The van der Waals surface area contributed by atoms with Gasteiger partial charge in [0.25, 0.3) is 0 Å². The topological polar surface area (TPSA) is 66.2 Å². The molecular formula is C17H16ClN3O. The van der Waals surface area contributed by atoms with Crippen LogP contribution in [0, 0.1) is 12.3 Å². The summed E-state index contributed by atoms with van der Waals surface area (Å²) < 4.78 is 5.80. The summed E-state index contributed by atoms with van der Waals surface area (Å²) in [4.78, 5) is 1.66. The number of hydrogen-bond donors (Lipinski definition) is 2. The number of aryl methyl sites for hydroxylation is 1. The summed E-state index contributed by atoms with van der Waals surface area (Å²) in [5, 5.41) is 9.49. The van der Waals surface area contributed by atoms with Crippen LogP contribution in [-0.2, 0) is 6.54 Å². The molecule has 0 amide bonds. The summed E-state index contributed by atoms with van der Waals surface area (Å²) in [5.74, 6) is 0.688. The zero-order valence-electron chi connectivity index (χ0n) is 12.1. The van der Waals surface area contributed by atoms with Gasteiger partial charge >= 0.3 is 0 Å². The van der Waals surface area contributed by atoms with Gasteiger partial charge in [0, 0.05) is 16.1 Å². The zero-order chi connectivity index (χ0) is 15.7. The van der Waals surface area contributed by atoms with Gasteiger partial charge in [0.2, 0.25) is 0 Å². The highest BCUT2D eigenvalue weighted by Gasteiger charge is 2.14. The Morgan fingerprint density at radius 3 is 2.68 bits per heavy atom. The fraction of sp³-hybridized carbons (Fsp3) is 0.118. The molecule has 0 saturated heterocycles. The molecule has 3 rings (SSSR count). The standard InChI is InChI=1S/C17H16ClN3O/c1-11-6-7-13(9-15(11)18)21(17(19)20)10-14-8-12-4-2-3-5-16(12)22-14/h2-9H,10H2,1H3,(H3,19,20). The minimum absolute atomic E-state index is 0.0552. The molecule has 0 fully saturated rings. The fourth-order valence-electron chi connectivity index (χ4n) is 2.34. The number of halogens is 1. The number of anilines is 1. The molecule has 0 unspecified atom stereocenters. The van der Waals surface area contributed by atoms with Crippen LogP contribution in [0.4, 0.5) is 5.69 Å². The first kappa shape index (κ1) is 14.5. The van der Waals surface area contributed by atoms with E-state index in [1.165, 1.54) is 0 Å². The van der Waals surface area contributed by atoms with Gasteiger partial charge in [-0.2, -0.15) is 0 Å². The van der Waals surface area contributed by atoms with E-state index in [9.17, 15) is 0 Å². The van der Waals surface area contributed by atoms with Crippen molar-refractivity contribution < 1.29 is 4.42 Å². The quantitative estimate of drug-likeness (QED) is 0.560. The van der Waals surface area contributed by atoms with Crippen molar-refractivity contribution in [3.05, 3.63) is 64.9 Å². The van der Waals surface area contributed by atoms with Gasteiger partial charge in [0.05, 0.1) is 6.54 Å². The number of fused-ring (bicyclic) bond motifs is 1. The number of benzene rings is 2. The lowest BCUT2D eigenvalue weighted by Gasteiger charge is -2.22. The lowest BCUT2D eigenvalue weighted by atomic mass is 10.2. The number of rotatable bonds is 3. The second-order valence-electron chi connectivity index (χ2n) is 5.16. The van der Waals surface area contributed by atoms with Crippen LogP contribution in [0.5, 0.6) is 0 Å². The van der Waals surface area contributed by atoms with E-state index in [1.54, 1.807) is 11.0 Å². The number of furan rings is 1. The minimum atomic E-state index is -0.0552. The molecule has 3 N–H and O–H groups in total. The van der Waals surface area contributed by atoms with Crippen LogP contribution >= 0.6 is 11.6 Å². The van der Waals surface area contributed by atoms with Gasteiger partial charge in [-0.15, -0.1) is 0 Å². The Morgan fingerprint density at radius 2 is 2.00 bits per heavy atom. The summed E-state index contributed by atoms with van der Waals surface area (Å²) >= 11 is 6.17. The third-order valence-corrected chi connectivity index (χ3v) is 3.96. The highest BCUT2D eigenvalue weighted by atomic mass is 35.5. The minimum Gasteiger partial charge on any atom is -0.459 e. The maximum Gasteiger partial charge on any atom is 0.193 e. The molecule has 0 aliphatic heterocycles.